The molecule has 0 radical (unpaired) electrons. The van der Waals surface area contributed by atoms with Crippen molar-refractivity contribution in [2.45, 2.75) is 18.6 Å². The van der Waals surface area contributed by atoms with E-state index in [1.165, 1.54) is 14.2 Å². The molecule has 1 aliphatic rings. The summed E-state index contributed by atoms with van der Waals surface area (Å²) in [5, 5.41) is 0. The topological polar surface area (TPSA) is 61.8 Å². The number of ether oxygens (including phenoxy) is 3. The normalized spacial score (nSPS) is 21.1. The SMILES string of the molecule is COC(=O)C1(C(=O)OC)C[C@H](c2ccccc2)O[C@@H]1/C=C/c1ccccc1. The van der Waals surface area contributed by atoms with Crippen LogP contribution < -0.4 is 0 Å². The maximum atomic E-state index is 12.7. The molecule has 2 aromatic rings. The van der Waals surface area contributed by atoms with Crippen molar-refractivity contribution < 1.29 is 23.8 Å². The van der Waals surface area contributed by atoms with E-state index in [-0.39, 0.29) is 6.42 Å². The molecular formula is C22H22O5. The van der Waals surface area contributed by atoms with Crippen LogP contribution in [-0.4, -0.2) is 32.3 Å². The molecule has 3 rings (SSSR count). The first-order valence-electron chi connectivity index (χ1n) is 8.72. The lowest BCUT2D eigenvalue weighted by atomic mass is 9.78. The van der Waals surface area contributed by atoms with Crippen molar-refractivity contribution in [3.8, 4) is 0 Å². The Balaban J connectivity index is 2.01. The predicted octanol–water partition coefficient (Wildman–Crippen LogP) is 3.56. The van der Waals surface area contributed by atoms with Gasteiger partial charge in [-0.1, -0.05) is 72.8 Å². The Morgan fingerprint density at radius 2 is 1.52 bits per heavy atom. The van der Waals surface area contributed by atoms with Gasteiger partial charge < -0.3 is 14.2 Å². The van der Waals surface area contributed by atoms with Gasteiger partial charge in [0.25, 0.3) is 0 Å². The molecular weight excluding hydrogens is 344 g/mol. The molecule has 0 aromatic heterocycles. The minimum absolute atomic E-state index is 0.153. The lowest BCUT2D eigenvalue weighted by Gasteiger charge is -2.26. The van der Waals surface area contributed by atoms with Gasteiger partial charge in [-0.25, -0.2) is 0 Å². The van der Waals surface area contributed by atoms with E-state index in [0.717, 1.165) is 11.1 Å². The average molecular weight is 366 g/mol. The summed E-state index contributed by atoms with van der Waals surface area (Å²) in [6.45, 7) is 0. The number of benzene rings is 2. The van der Waals surface area contributed by atoms with Gasteiger partial charge in [0, 0.05) is 6.42 Å². The van der Waals surface area contributed by atoms with Crippen LogP contribution >= 0.6 is 0 Å². The molecule has 0 unspecified atom stereocenters. The van der Waals surface area contributed by atoms with Gasteiger partial charge in [0.1, 0.15) is 6.10 Å². The third kappa shape index (κ3) is 3.64. The first kappa shape index (κ1) is 18.9. The van der Waals surface area contributed by atoms with Crippen LogP contribution in [0.1, 0.15) is 23.7 Å². The highest BCUT2D eigenvalue weighted by atomic mass is 16.6. The molecule has 1 saturated heterocycles. The number of rotatable bonds is 5. The molecule has 1 heterocycles. The van der Waals surface area contributed by atoms with Crippen LogP contribution in [0.2, 0.25) is 0 Å². The molecule has 27 heavy (non-hydrogen) atoms. The molecule has 2 aromatic carbocycles. The maximum Gasteiger partial charge on any atom is 0.326 e. The molecule has 0 N–H and O–H groups in total. The summed E-state index contributed by atoms with van der Waals surface area (Å²) in [7, 11) is 2.53. The summed E-state index contributed by atoms with van der Waals surface area (Å²) < 4.78 is 16.1. The van der Waals surface area contributed by atoms with Crippen molar-refractivity contribution in [2.75, 3.05) is 14.2 Å². The minimum Gasteiger partial charge on any atom is -0.468 e. The highest BCUT2D eigenvalue weighted by molar-refractivity contribution is 6.01. The molecule has 0 aliphatic carbocycles. The zero-order chi connectivity index (χ0) is 19.3. The molecule has 0 amide bonds. The Labute approximate surface area is 158 Å². The average Bonchev–Trinajstić information content (AvgIpc) is 3.13. The third-order valence-corrected chi connectivity index (χ3v) is 4.84. The minimum atomic E-state index is -1.55. The quantitative estimate of drug-likeness (QED) is 0.598. The number of methoxy groups -OCH3 is 2. The van der Waals surface area contributed by atoms with Crippen molar-refractivity contribution in [3.63, 3.8) is 0 Å². The monoisotopic (exact) mass is 366 g/mol. The van der Waals surface area contributed by atoms with Gasteiger partial charge in [-0.3, -0.25) is 9.59 Å². The zero-order valence-electron chi connectivity index (χ0n) is 15.3. The zero-order valence-corrected chi connectivity index (χ0v) is 15.3. The van der Waals surface area contributed by atoms with E-state index in [1.807, 2.05) is 66.7 Å². The standard InChI is InChI=1S/C22H22O5/c1-25-20(23)22(21(24)26-2)15-18(17-11-7-4-8-12-17)27-19(22)14-13-16-9-5-3-6-10-16/h3-14,18-19H,15H2,1-2H3/b14-13+/t18-,19-/m1/s1. The van der Waals surface area contributed by atoms with E-state index in [9.17, 15) is 9.59 Å². The van der Waals surface area contributed by atoms with Gasteiger partial charge in [-0.15, -0.1) is 0 Å². The van der Waals surface area contributed by atoms with Gasteiger partial charge in [-0.05, 0) is 11.1 Å². The Hall–Kier alpha value is -2.92. The Morgan fingerprint density at radius 3 is 2.07 bits per heavy atom. The Kier molecular flexibility index (Phi) is 5.72. The van der Waals surface area contributed by atoms with Gasteiger partial charge in [-0.2, -0.15) is 0 Å². The van der Waals surface area contributed by atoms with E-state index < -0.39 is 29.6 Å². The molecule has 2 atom stereocenters. The van der Waals surface area contributed by atoms with Crippen molar-refractivity contribution >= 4 is 18.0 Å². The molecule has 0 bridgehead atoms. The Morgan fingerprint density at radius 1 is 0.963 bits per heavy atom. The maximum absolute atomic E-state index is 12.7. The van der Waals surface area contributed by atoms with Gasteiger partial charge in [0.05, 0.1) is 20.3 Å². The van der Waals surface area contributed by atoms with Crippen LogP contribution in [0.5, 0.6) is 0 Å². The molecule has 5 heteroatoms. The predicted molar refractivity (Wildman–Crippen MR) is 101 cm³/mol. The molecule has 1 fully saturated rings. The highest BCUT2D eigenvalue weighted by Crippen LogP contribution is 2.48. The molecule has 1 aliphatic heterocycles. The van der Waals surface area contributed by atoms with Crippen molar-refractivity contribution in [1.29, 1.82) is 0 Å². The molecule has 5 nitrogen and oxygen atoms in total. The van der Waals surface area contributed by atoms with E-state index in [4.69, 9.17) is 14.2 Å². The lowest BCUT2D eigenvalue weighted by Crippen LogP contribution is -2.46. The second kappa shape index (κ2) is 8.18. The number of hydrogen-bond acceptors (Lipinski definition) is 5. The number of carbonyl (C=O) groups excluding carboxylic acids is 2. The summed E-state index contributed by atoms with van der Waals surface area (Å²) in [6.07, 6.45) is 2.49. The van der Waals surface area contributed by atoms with E-state index >= 15 is 0 Å². The van der Waals surface area contributed by atoms with Gasteiger partial charge in [0.2, 0.25) is 0 Å². The smallest absolute Gasteiger partial charge is 0.326 e. The Bertz CT molecular complexity index is 797. The number of carbonyl (C=O) groups is 2. The van der Waals surface area contributed by atoms with Crippen LogP contribution in [0.3, 0.4) is 0 Å². The first-order valence-corrected chi connectivity index (χ1v) is 8.72. The molecule has 140 valence electrons. The number of esters is 2. The summed E-state index contributed by atoms with van der Waals surface area (Å²) >= 11 is 0. The lowest BCUT2D eigenvalue weighted by molar-refractivity contribution is -0.171. The largest absolute Gasteiger partial charge is 0.468 e. The summed E-state index contributed by atoms with van der Waals surface area (Å²) in [5.41, 5.74) is 0.285. The fraction of sp³-hybridized carbons (Fsp3) is 0.273. The van der Waals surface area contributed by atoms with Crippen molar-refractivity contribution in [1.82, 2.24) is 0 Å². The van der Waals surface area contributed by atoms with E-state index in [1.54, 1.807) is 6.08 Å². The third-order valence-electron chi connectivity index (χ3n) is 4.84. The summed E-state index contributed by atoms with van der Waals surface area (Å²) in [5.74, 6) is -1.31. The number of hydrogen-bond donors (Lipinski definition) is 0. The van der Waals surface area contributed by atoms with Crippen LogP contribution in [0.15, 0.2) is 66.7 Å². The van der Waals surface area contributed by atoms with Gasteiger partial charge >= 0.3 is 11.9 Å². The van der Waals surface area contributed by atoms with Gasteiger partial charge in [0.15, 0.2) is 5.41 Å². The molecule has 0 saturated carbocycles. The summed E-state index contributed by atoms with van der Waals surface area (Å²) in [6, 6.07) is 19.1. The van der Waals surface area contributed by atoms with E-state index in [0.29, 0.717) is 0 Å². The molecule has 0 spiro atoms. The first-order chi connectivity index (χ1) is 13.1. The second-order valence-corrected chi connectivity index (χ2v) is 6.38. The van der Waals surface area contributed by atoms with Crippen LogP contribution in [-0.2, 0) is 23.8 Å². The second-order valence-electron chi connectivity index (χ2n) is 6.38. The summed E-state index contributed by atoms with van der Waals surface area (Å²) in [4.78, 5) is 25.4. The fourth-order valence-electron chi connectivity index (χ4n) is 3.43. The van der Waals surface area contributed by atoms with E-state index in [2.05, 4.69) is 0 Å². The van der Waals surface area contributed by atoms with Crippen LogP contribution in [0, 0.1) is 5.41 Å². The van der Waals surface area contributed by atoms with Crippen LogP contribution in [0.25, 0.3) is 6.08 Å². The fourth-order valence-corrected chi connectivity index (χ4v) is 3.43. The van der Waals surface area contributed by atoms with Crippen molar-refractivity contribution in [3.05, 3.63) is 77.9 Å². The highest BCUT2D eigenvalue weighted by Gasteiger charge is 2.60. The van der Waals surface area contributed by atoms with Crippen molar-refractivity contribution in [2.24, 2.45) is 5.41 Å². The van der Waals surface area contributed by atoms with Crippen LogP contribution in [0.4, 0.5) is 0 Å².